The molecule has 160 valence electrons. The molecule has 0 bridgehead atoms. The van der Waals surface area contributed by atoms with Gasteiger partial charge in [0.1, 0.15) is 5.78 Å². The summed E-state index contributed by atoms with van der Waals surface area (Å²) in [4.78, 5) is 22.7. The van der Waals surface area contributed by atoms with Crippen LogP contribution in [-0.2, 0) is 15.5 Å². The number of carboxylic acids is 1. The number of Topliss-reactive ketones (excluding diaryl/α,β-unsaturated/α-hetero) is 1. The van der Waals surface area contributed by atoms with Crippen molar-refractivity contribution in [2.45, 2.75) is 44.1 Å². The van der Waals surface area contributed by atoms with Crippen molar-refractivity contribution in [3.05, 3.63) is 59.5 Å². The molecule has 0 unspecified atom stereocenters. The summed E-state index contributed by atoms with van der Waals surface area (Å²) in [5, 5.41) is 19.6. The fraction of sp³-hybridized carbons (Fsp3) is 0.391. The minimum atomic E-state index is -3.19. The van der Waals surface area contributed by atoms with E-state index < -0.39 is 29.8 Å². The van der Waals surface area contributed by atoms with Crippen LogP contribution in [0.5, 0.6) is 0 Å². The number of hydrogen-bond donors (Lipinski definition) is 2. The van der Waals surface area contributed by atoms with Crippen LogP contribution in [0.3, 0.4) is 0 Å². The topological polar surface area (TPSA) is 74.6 Å². The lowest BCUT2D eigenvalue weighted by Crippen LogP contribution is -2.19. The van der Waals surface area contributed by atoms with Gasteiger partial charge < -0.3 is 10.2 Å². The number of unbranched alkanes of at least 4 members (excludes halogenated alkanes) is 1. The number of ketones is 1. The molecular weight excluding hydrogens is 410 g/mol. The first-order valence-electron chi connectivity index (χ1n) is 9.92. The van der Waals surface area contributed by atoms with Gasteiger partial charge in [0, 0.05) is 29.4 Å². The molecule has 0 aliphatic heterocycles. The molecule has 1 aromatic carbocycles. The average molecular weight is 435 g/mol. The van der Waals surface area contributed by atoms with Gasteiger partial charge in [0.15, 0.2) is 0 Å². The molecule has 0 amide bonds. The van der Waals surface area contributed by atoms with Crippen LogP contribution in [0.2, 0.25) is 0 Å². The third-order valence-electron chi connectivity index (χ3n) is 5.33. The maximum atomic E-state index is 14.8. The highest BCUT2D eigenvalue weighted by atomic mass is 32.1. The minimum absolute atomic E-state index is 0.0407. The summed E-state index contributed by atoms with van der Waals surface area (Å²) in [6.07, 6.45) is 6.12. The van der Waals surface area contributed by atoms with Gasteiger partial charge in [0.05, 0.1) is 11.0 Å². The smallest absolute Gasteiger partial charge is 0.303 e. The van der Waals surface area contributed by atoms with Gasteiger partial charge >= 0.3 is 11.9 Å². The predicted octanol–water partition coefficient (Wildman–Crippen LogP) is 5.32. The number of allylic oxidation sites excluding steroid dienone is 3. The van der Waals surface area contributed by atoms with E-state index in [0.29, 0.717) is 19.3 Å². The number of carbonyl (C=O) groups excluding carboxylic acids is 1. The quantitative estimate of drug-likeness (QED) is 0.414. The number of carbonyl (C=O) groups is 2. The van der Waals surface area contributed by atoms with Crippen molar-refractivity contribution in [3.63, 3.8) is 0 Å². The fourth-order valence-corrected chi connectivity index (χ4v) is 4.74. The van der Waals surface area contributed by atoms with Crippen molar-refractivity contribution < 1.29 is 28.6 Å². The van der Waals surface area contributed by atoms with E-state index in [1.807, 2.05) is 0 Å². The lowest BCUT2D eigenvalue weighted by molar-refractivity contribution is -0.137. The number of halogens is 2. The summed E-state index contributed by atoms with van der Waals surface area (Å²) in [6.45, 7) is 0. The number of hydrogen-bond acceptors (Lipinski definition) is 4. The van der Waals surface area contributed by atoms with Crippen LogP contribution in [0.25, 0.3) is 10.1 Å². The van der Waals surface area contributed by atoms with Gasteiger partial charge in [0.2, 0.25) is 0 Å². The maximum absolute atomic E-state index is 14.8. The molecule has 2 N–H and O–H groups in total. The van der Waals surface area contributed by atoms with Crippen LogP contribution in [0.15, 0.2) is 54.6 Å². The lowest BCUT2D eigenvalue weighted by Gasteiger charge is -2.17. The van der Waals surface area contributed by atoms with E-state index in [1.54, 1.807) is 36.4 Å². The van der Waals surface area contributed by atoms with Gasteiger partial charge in [-0.25, -0.2) is 0 Å². The Morgan fingerprint density at radius 2 is 2.03 bits per heavy atom. The van der Waals surface area contributed by atoms with Crippen LogP contribution in [0.4, 0.5) is 8.78 Å². The Morgan fingerprint density at radius 3 is 2.77 bits per heavy atom. The third kappa shape index (κ3) is 5.40. The second-order valence-electron chi connectivity index (χ2n) is 7.55. The molecule has 1 fully saturated rings. The van der Waals surface area contributed by atoms with Crippen molar-refractivity contribution in [2.24, 2.45) is 11.8 Å². The number of benzene rings is 1. The van der Waals surface area contributed by atoms with E-state index in [-0.39, 0.29) is 23.5 Å². The van der Waals surface area contributed by atoms with Crippen molar-refractivity contribution in [3.8, 4) is 0 Å². The Hall–Kier alpha value is -2.38. The molecule has 3 atom stereocenters. The average Bonchev–Trinajstić information content (AvgIpc) is 3.24. The van der Waals surface area contributed by atoms with Crippen LogP contribution in [0, 0.1) is 11.8 Å². The molecular formula is C23H24F2O4S. The molecule has 1 aromatic heterocycles. The SMILES string of the molecule is O=C(O)CCCC=CC[C@H]1C(=O)C[C@@H](O)[C@@H]1C=CC(F)(F)c1cc2ccccc2s1. The molecule has 0 saturated heterocycles. The zero-order chi connectivity index (χ0) is 21.7. The molecule has 2 aromatic rings. The molecule has 1 aliphatic rings. The monoisotopic (exact) mass is 434 g/mol. The van der Waals surface area contributed by atoms with Gasteiger partial charge in [-0.15, -0.1) is 11.3 Å². The number of alkyl halides is 2. The Balaban J connectivity index is 1.67. The fourth-order valence-electron chi connectivity index (χ4n) is 3.72. The predicted molar refractivity (Wildman–Crippen MR) is 113 cm³/mol. The number of carboxylic acid groups (broad SMARTS) is 1. The summed E-state index contributed by atoms with van der Waals surface area (Å²) in [5.41, 5.74) is 0. The molecule has 1 aliphatic carbocycles. The van der Waals surface area contributed by atoms with Crippen LogP contribution in [-0.4, -0.2) is 28.1 Å². The highest BCUT2D eigenvalue weighted by Gasteiger charge is 2.40. The highest BCUT2D eigenvalue weighted by molar-refractivity contribution is 7.19. The van der Waals surface area contributed by atoms with E-state index in [2.05, 4.69) is 0 Å². The standard InChI is InChI=1S/C23H24F2O4S/c24-23(25,21-13-15-7-5-6-9-20(15)30-21)12-11-17-16(18(26)14-19(17)27)8-3-1-2-4-10-22(28)29/h1,3,5-7,9,11-13,16-17,19,27H,2,4,8,10,14H2,(H,28,29)/t16-,17-,19-/m1/s1. The summed E-state index contributed by atoms with van der Waals surface area (Å²) in [7, 11) is 0. The molecule has 30 heavy (non-hydrogen) atoms. The van der Waals surface area contributed by atoms with Crippen molar-refractivity contribution in [1.29, 1.82) is 0 Å². The molecule has 1 heterocycles. The van der Waals surface area contributed by atoms with Gasteiger partial charge in [-0.2, -0.15) is 8.78 Å². The third-order valence-corrected chi connectivity index (χ3v) is 6.53. The first-order chi connectivity index (χ1) is 14.3. The molecule has 3 rings (SSSR count). The summed E-state index contributed by atoms with van der Waals surface area (Å²) >= 11 is 1.03. The largest absolute Gasteiger partial charge is 0.481 e. The first-order valence-corrected chi connectivity index (χ1v) is 10.7. The molecule has 0 spiro atoms. The number of fused-ring (bicyclic) bond motifs is 1. The van der Waals surface area contributed by atoms with Gasteiger partial charge in [0.25, 0.3) is 0 Å². The van der Waals surface area contributed by atoms with E-state index >= 15 is 0 Å². The van der Waals surface area contributed by atoms with Crippen molar-refractivity contribution in [1.82, 2.24) is 0 Å². The van der Waals surface area contributed by atoms with Crippen LogP contribution < -0.4 is 0 Å². The van der Waals surface area contributed by atoms with E-state index in [4.69, 9.17) is 5.11 Å². The van der Waals surface area contributed by atoms with Crippen LogP contribution >= 0.6 is 11.3 Å². The normalized spacial score (nSPS) is 22.6. The number of aliphatic hydroxyl groups is 1. The Kier molecular flexibility index (Phi) is 7.15. The number of rotatable bonds is 9. The van der Waals surface area contributed by atoms with Crippen LogP contribution in [0.1, 0.15) is 37.0 Å². The lowest BCUT2D eigenvalue weighted by atomic mass is 9.90. The van der Waals surface area contributed by atoms with Gasteiger partial charge in [-0.05, 0) is 42.9 Å². The Morgan fingerprint density at radius 1 is 1.27 bits per heavy atom. The van der Waals surface area contributed by atoms with Gasteiger partial charge in [-0.1, -0.05) is 36.4 Å². The molecule has 1 saturated carbocycles. The first kappa shape index (κ1) is 22.3. The molecule has 0 radical (unpaired) electrons. The second-order valence-corrected chi connectivity index (χ2v) is 8.63. The summed E-state index contributed by atoms with van der Waals surface area (Å²) in [5.74, 6) is -5.40. The van der Waals surface area contributed by atoms with Crippen molar-refractivity contribution in [2.75, 3.05) is 0 Å². The number of thiophene rings is 1. The van der Waals surface area contributed by atoms with E-state index in [0.717, 1.165) is 27.5 Å². The second kappa shape index (κ2) is 9.62. The Bertz CT molecular complexity index is 930. The maximum Gasteiger partial charge on any atom is 0.303 e. The number of aliphatic hydroxyl groups excluding tert-OH is 1. The minimum Gasteiger partial charge on any atom is -0.481 e. The molecule has 4 nitrogen and oxygen atoms in total. The van der Waals surface area contributed by atoms with Gasteiger partial charge in [-0.3, -0.25) is 9.59 Å². The summed E-state index contributed by atoms with van der Waals surface area (Å²) < 4.78 is 30.3. The summed E-state index contributed by atoms with van der Waals surface area (Å²) in [6, 6.07) is 8.65. The van der Waals surface area contributed by atoms with Crippen molar-refractivity contribution >= 4 is 33.2 Å². The van der Waals surface area contributed by atoms with E-state index in [1.165, 1.54) is 12.1 Å². The Labute approximate surface area is 177 Å². The zero-order valence-corrected chi connectivity index (χ0v) is 17.2. The van der Waals surface area contributed by atoms with E-state index in [9.17, 15) is 23.5 Å². The molecule has 7 heteroatoms. The highest BCUT2D eigenvalue weighted by Crippen LogP contribution is 2.40. The number of aliphatic carboxylic acids is 1. The zero-order valence-electron chi connectivity index (χ0n) is 16.3.